The van der Waals surface area contributed by atoms with E-state index >= 15 is 0 Å². The van der Waals surface area contributed by atoms with Gasteiger partial charge in [-0.2, -0.15) is 0 Å². The zero-order valence-electron chi connectivity index (χ0n) is 36.6. The summed E-state index contributed by atoms with van der Waals surface area (Å²) in [5.41, 5.74) is -0.286. The summed E-state index contributed by atoms with van der Waals surface area (Å²) >= 11 is 0. The lowest BCUT2D eigenvalue weighted by Gasteiger charge is -2.58. The molecule has 8 rings (SSSR count). The van der Waals surface area contributed by atoms with E-state index < -0.39 is 104 Å². The number of ether oxygens (including phenoxy) is 7. The first kappa shape index (κ1) is 46.7. The van der Waals surface area contributed by atoms with Gasteiger partial charge in [0.2, 0.25) is 0 Å². The molecule has 22 atom stereocenters. The standard InChI is InChI=1S/C45H70O17/c1-21-33-29(62-45(21)13-8-23(20-57-45)19-56-32(49)17-42(3,55)16-31(47)48)15-28-26-7-6-24-14-25(9-11-43(24,4)27(26)10-12-44(28,33)5)59-41-39(37(53)35(51)30(18-46)60-41)61-40-38(54)36(52)34(50)22(2)58-40/h6,21-23,25-30,33-41,46,50-55H,7-20H2,1-5H3,(H,47,48)/t21-,22+,23-,25+,26+,27+,28+,29-,30-,33-,34+,35+,36+,37-,38+,39+,40+,41+,42-,43+,44-,45+/m0/s1. The van der Waals surface area contributed by atoms with E-state index in [0.717, 1.165) is 38.5 Å². The number of aliphatic hydroxyl groups is 7. The largest absolute Gasteiger partial charge is 0.481 e. The Labute approximate surface area is 363 Å². The van der Waals surface area contributed by atoms with Crippen LogP contribution in [0, 0.1) is 46.3 Å². The second-order valence-electron chi connectivity index (χ2n) is 21.0. The molecule has 17 heteroatoms. The van der Waals surface area contributed by atoms with Gasteiger partial charge in [0.1, 0.15) is 42.7 Å². The van der Waals surface area contributed by atoms with Crippen molar-refractivity contribution >= 4 is 11.9 Å². The highest BCUT2D eigenvalue weighted by molar-refractivity contribution is 5.73. The van der Waals surface area contributed by atoms with Gasteiger partial charge in [-0.3, -0.25) is 9.59 Å². The number of carboxylic acid groups (broad SMARTS) is 1. The Balaban J connectivity index is 0.886. The Bertz CT molecular complexity index is 1670. The molecule has 0 bridgehead atoms. The van der Waals surface area contributed by atoms with Crippen molar-refractivity contribution in [3.63, 3.8) is 0 Å². The number of carboxylic acids is 1. The normalized spacial score (nSPS) is 51.0. The third kappa shape index (κ3) is 8.32. The zero-order chi connectivity index (χ0) is 44.7. The maximum atomic E-state index is 12.4. The molecule has 4 saturated heterocycles. The van der Waals surface area contributed by atoms with Crippen LogP contribution in [0.3, 0.4) is 0 Å². The summed E-state index contributed by atoms with van der Waals surface area (Å²) in [5, 5.41) is 82.4. The van der Waals surface area contributed by atoms with Crippen LogP contribution in [0.1, 0.15) is 105 Å². The van der Waals surface area contributed by atoms with Crippen LogP contribution in [-0.2, 0) is 42.7 Å². The molecule has 0 aromatic rings. The van der Waals surface area contributed by atoms with Crippen LogP contribution in [0.5, 0.6) is 0 Å². The molecule has 8 N–H and O–H groups in total. The summed E-state index contributed by atoms with van der Waals surface area (Å²) in [6.07, 6.45) is -4.66. The van der Waals surface area contributed by atoms with Crippen molar-refractivity contribution in [1.82, 2.24) is 0 Å². The predicted octanol–water partition coefficient (Wildman–Crippen LogP) is 1.53. The number of hydrogen-bond acceptors (Lipinski definition) is 16. The molecule has 1 spiro atoms. The van der Waals surface area contributed by atoms with Crippen molar-refractivity contribution in [2.75, 3.05) is 19.8 Å². The Hall–Kier alpha value is -1.84. The van der Waals surface area contributed by atoms with Gasteiger partial charge in [-0.15, -0.1) is 0 Å². The average molecular weight is 883 g/mol. The lowest BCUT2D eigenvalue weighted by atomic mass is 9.47. The molecule has 17 nitrogen and oxygen atoms in total. The van der Waals surface area contributed by atoms with Gasteiger partial charge in [0.05, 0.1) is 56.6 Å². The average Bonchev–Trinajstić information content (AvgIpc) is 3.66. The summed E-state index contributed by atoms with van der Waals surface area (Å²) < 4.78 is 43.2. The number of esters is 1. The number of aliphatic hydroxyl groups excluding tert-OH is 6. The first-order valence-corrected chi connectivity index (χ1v) is 22.9. The number of aliphatic carboxylic acids is 1. The van der Waals surface area contributed by atoms with E-state index in [2.05, 4.69) is 26.8 Å². The van der Waals surface area contributed by atoms with Crippen LogP contribution in [0.4, 0.5) is 0 Å². The zero-order valence-corrected chi connectivity index (χ0v) is 36.6. The predicted molar refractivity (Wildman–Crippen MR) is 214 cm³/mol. The van der Waals surface area contributed by atoms with Crippen LogP contribution in [0.2, 0.25) is 0 Å². The highest BCUT2D eigenvalue weighted by atomic mass is 16.8. The minimum atomic E-state index is -1.68. The van der Waals surface area contributed by atoms with Gasteiger partial charge in [-0.05, 0) is 99.7 Å². The highest BCUT2D eigenvalue weighted by Gasteiger charge is 2.69. The number of hydrogen-bond donors (Lipinski definition) is 8. The van der Waals surface area contributed by atoms with Crippen LogP contribution in [0.15, 0.2) is 11.6 Å². The van der Waals surface area contributed by atoms with Crippen LogP contribution < -0.4 is 0 Å². The van der Waals surface area contributed by atoms with Gasteiger partial charge in [-0.1, -0.05) is 32.4 Å². The number of rotatable bonds is 11. The second kappa shape index (κ2) is 17.4. The molecule has 0 amide bonds. The van der Waals surface area contributed by atoms with Crippen LogP contribution >= 0.6 is 0 Å². The third-order valence-corrected chi connectivity index (χ3v) is 17.0. The highest BCUT2D eigenvalue weighted by Crippen LogP contribution is 2.70. The Kier molecular flexibility index (Phi) is 13.1. The van der Waals surface area contributed by atoms with Crippen molar-refractivity contribution in [3.05, 3.63) is 11.6 Å². The van der Waals surface area contributed by atoms with E-state index in [9.17, 15) is 45.3 Å². The van der Waals surface area contributed by atoms with Gasteiger partial charge in [0, 0.05) is 18.3 Å². The monoisotopic (exact) mass is 882 g/mol. The fourth-order valence-electron chi connectivity index (χ4n) is 13.6. The molecule has 7 fully saturated rings. The minimum Gasteiger partial charge on any atom is -0.481 e. The fraction of sp³-hybridized carbons (Fsp3) is 0.911. The molecule has 0 aromatic carbocycles. The second-order valence-corrected chi connectivity index (χ2v) is 21.0. The number of carbonyl (C=O) groups excluding carboxylic acids is 1. The van der Waals surface area contributed by atoms with Gasteiger partial charge in [0.25, 0.3) is 0 Å². The minimum absolute atomic E-state index is 0.0182. The molecular formula is C45H70O17. The van der Waals surface area contributed by atoms with Gasteiger partial charge in [0.15, 0.2) is 18.4 Å². The Morgan fingerprint density at radius 3 is 2.34 bits per heavy atom. The Morgan fingerprint density at radius 2 is 1.65 bits per heavy atom. The SMILES string of the molecule is C[C@H]1O[C@H](O[C@H]2[C@H](O[C@@H]3CC[C@]4(C)C(=CC[C@H]5[C@H]6C[C@@H]7O[C@]8(CC[C@@H](COC(=O)C[C@@](C)(O)CC(=O)O)CO8)[C@@H](C)[C@@H]7[C@@]6(C)CC[C@H]54)C3)O[C@@H](CO)[C@@H](O)[C@@H]2O)[C@H](O)[C@H](O)[C@@H]1O. The number of fused-ring (bicyclic) bond motifs is 7. The summed E-state index contributed by atoms with van der Waals surface area (Å²) in [4.78, 5) is 23.4. The van der Waals surface area contributed by atoms with E-state index in [1.54, 1.807) is 0 Å². The summed E-state index contributed by atoms with van der Waals surface area (Å²) in [6.45, 7) is 9.95. The van der Waals surface area contributed by atoms with E-state index in [1.807, 2.05) is 0 Å². The smallest absolute Gasteiger partial charge is 0.308 e. The topological polar surface area (TPSA) is 261 Å². The number of allylic oxidation sites excluding steroid dienone is 1. The maximum absolute atomic E-state index is 12.4. The molecule has 0 aromatic heterocycles. The third-order valence-electron chi connectivity index (χ3n) is 17.0. The van der Waals surface area contributed by atoms with Crippen molar-refractivity contribution in [3.8, 4) is 0 Å². The molecule has 3 saturated carbocycles. The summed E-state index contributed by atoms with van der Waals surface area (Å²) in [5.74, 6) is -0.514. The van der Waals surface area contributed by atoms with Crippen LogP contribution in [-0.4, -0.2) is 158 Å². The quantitative estimate of drug-likeness (QED) is 0.108. The van der Waals surface area contributed by atoms with Crippen molar-refractivity contribution in [2.24, 2.45) is 46.3 Å². The Morgan fingerprint density at radius 1 is 0.887 bits per heavy atom. The fourth-order valence-corrected chi connectivity index (χ4v) is 13.6. The van der Waals surface area contributed by atoms with E-state index in [-0.39, 0.29) is 41.5 Å². The van der Waals surface area contributed by atoms with Gasteiger partial charge >= 0.3 is 11.9 Å². The molecule has 352 valence electrons. The molecule has 4 heterocycles. The molecule has 8 aliphatic rings. The lowest BCUT2D eigenvalue weighted by Crippen LogP contribution is -2.64. The van der Waals surface area contributed by atoms with Gasteiger partial charge < -0.3 is 74.0 Å². The molecule has 0 radical (unpaired) electrons. The molecule has 0 unspecified atom stereocenters. The lowest BCUT2D eigenvalue weighted by molar-refractivity contribution is -0.369. The molecule has 4 aliphatic heterocycles. The molecule has 4 aliphatic carbocycles. The first-order valence-electron chi connectivity index (χ1n) is 22.9. The summed E-state index contributed by atoms with van der Waals surface area (Å²) in [6, 6.07) is 0. The van der Waals surface area contributed by atoms with Crippen molar-refractivity contribution in [2.45, 2.75) is 190 Å². The number of carbonyl (C=O) groups is 2. The van der Waals surface area contributed by atoms with Crippen molar-refractivity contribution in [1.29, 1.82) is 0 Å². The van der Waals surface area contributed by atoms with E-state index in [1.165, 1.54) is 19.4 Å². The van der Waals surface area contributed by atoms with E-state index in [0.29, 0.717) is 49.5 Å². The van der Waals surface area contributed by atoms with Gasteiger partial charge in [-0.25, -0.2) is 0 Å². The summed E-state index contributed by atoms with van der Waals surface area (Å²) in [7, 11) is 0. The molecule has 62 heavy (non-hydrogen) atoms. The maximum Gasteiger partial charge on any atom is 0.308 e. The molecular weight excluding hydrogens is 812 g/mol. The van der Waals surface area contributed by atoms with E-state index in [4.69, 9.17) is 38.3 Å². The van der Waals surface area contributed by atoms with Crippen LogP contribution in [0.25, 0.3) is 0 Å². The first-order chi connectivity index (χ1) is 29.2. The van der Waals surface area contributed by atoms with Crippen molar-refractivity contribution < 1.29 is 83.6 Å².